The summed E-state index contributed by atoms with van der Waals surface area (Å²) in [6.07, 6.45) is 5.32. The molecule has 1 fully saturated rings. The van der Waals surface area contributed by atoms with Gasteiger partial charge in [0.15, 0.2) is 0 Å². The highest BCUT2D eigenvalue weighted by atomic mass is 15.0. The molecule has 0 bridgehead atoms. The minimum atomic E-state index is 0.429. The number of anilines is 1. The summed E-state index contributed by atoms with van der Waals surface area (Å²) >= 11 is 0. The van der Waals surface area contributed by atoms with Crippen molar-refractivity contribution in [3.8, 4) is 6.07 Å². The van der Waals surface area contributed by atoms with E-state index in [1.165, 1.54) is 25.7 Å². The number of nitrogens with zero attached hydrogens (tertiary/aromatic N) is 3. The van der Waals surface area contributed by atoms with Gasteiger partial charge in [-0.2, -0.15) is 5.26 Å². The van der Waals surface area contributed by atoms with E-state index in [4.69, 9.17) is 5.26 Å². The Balaban J connectivity index is 1.88. The molecule has 4 heteroatoms. The lowest BCUT2D eigenvalue weighted by molar-refractivity contribution is 0.303. The number of aromatic nitrogens is 2. The van der Waals surface area contributed by atoms with Crippen molar-refractivity contribution in [2.24, 2.45) is 5.92 Å². The van der Waals surface area contributed by atoms with E-state index in [1.807, 2.05) is 6.07 Å². The molecule has 1 saturated carbocycles. The molecule has 0 amide bonds. The van der Waals surface area contributed by atoms with Crippen molar-refractivity contribution in [1.82, 2.24) is 9.97 Å². The third-order valence-electron chi connectivity index (χ3n) is 3.04. The first kappa shape index (κ1) is 10.9. The molecule has 0 spiro atoms. The van der Waals surface area contributed by atoms with Gasteiger partial charge in [0, 0.05) is 12.6 Å². The summed E-state index contributed by atoms with van der Waals surface area (Å²) < 4.78 is 0. The third-order valence-corrected chi connectivity index (χ3v) is 3.04. The van der Waals surface area contributed by atoms with Crippen LogP contribution >= 0.6 is 0 Å². The van der Waals surface area contributed by atoms with Gasteiger partial charge >= 0.3 is 0 Å². The summed E-state index contributed by atoms with van der Waals surface area (Å²) in [7, 11) is 0. The highest BCUT2D eigenvalue weighted by Crippen LogP contribution is 2.29. The van der Waals surface area contributed by atoms with Crippen LogP contribution < -0.4 is 5.32 Å². The fourth-order valence-electron chi connectivity index (χ4n) is 1.90. The van der Waals surface area contributed by atoms with E-state index < -0.39 is 0 Å². The van der Waals surface area contributed by atoms with Crippen LogP contribution in [0.25, 0.3) is 0 Å². The fraction of sp³-hybridized carbons (Fsp3) is 0.583. The maximum atomic E-state index is 8.78. The van der Waals surface area contributed by atoms with E-state index in [2.05, 4.69) is 15.3 Å². The smallest absolute Gasteiger partial charge is 0.146 e. The molecule has 0 radical (unpaired) electrons. The summed E-state index contributed by atoms with van der Waals surface area (Å²) in [5, 5.41) is 12.0. The Labute approximate surface area is 95.7 Å². The average Bonchev–Trinajstić information content (AvgIpc) is 2.21. The van der Waals surface area contributed by atoms with Gasteiger partial charge in [-0.15, -0.1) is 0 Å². The predicted molar refractivity (Wildman–Crippen MR) is 61.9 cm³/mol. The first-order valence-electron chi connectivity index (χ1n) is 5.77. The van der Waals surface area contributed by atoms with Gasteiger partial charge in [-0.05, 0) is 19.3 Å². The number of nitriles is 1. The Morgan fingerprint density at radius 2 is 2.31 bits per heavy atom. The lowest BCUT2D eigenvalue weighted by Gasteiger charge is -2.25. The number of hydrogen-bond acceptors (Lipinski definition) is 4. The molecular formula is C12H16N4. The van der Waals surface area contributed by atoms with Crippen LogP contribution in [0.2, 0.25) is 0 Å². The Morgan fingerprint density at radius 3 is 2.94 bits per heavy atom. The zero-order valence-electron chi connectivity index (χ0n) is 9.53. The SMILES string of the molecule is Cc1nc(C#N)cc(NCCC2CCC2)n1. The third kappa shape index (κ3) is 2.69. The number of nitrogens with one attached hydrogen (secondary N) is 1. The topological polar surface area (TPSA) is 61.6 Å². The van der Waals surface area contributed by atoms with E-state index in [0.717, 1.165) is 18.3 Å². The lowest BCUT2D eigenvalue weighted by Crippen LogP contribution is -2.16. The van der Waals surface area contributed by atoms with Crippen LogP contribution in [0.15, 0.2) is 6.07 Å². The lowest BCUT2D eigenvalue weighted by atomic mass is 9.83. The van der Waals surface area contributed by atoms with Gasteiger partial charge in [0.1, 0.15) is 23.4 Å². The van der Waals surface area contributed by atoms with Crippen LogP contribution in [0.1, 0.15) is 37.2 Å². The summed E-state index contributed by atoms with van der Waals surface area (Å²) in [6, 6.07) is 3.74. The molecule has 0 aliphatic heterocycles. The Hall–Kier alpha value is -1.63. The zero-order valence-corrected chi connectivity index (χ0v) is 9.53. The van der Waals surface area contributed by atoms with Gasteiger partial charge in [-0.3, -0.25) is 0 Å². The molecule has 84 valence electrons. The van der Waals surface area contributed by atoms with E-state index in [1.54, 1.807) is 13.0 Å². The largest absolute Gasteiger partial charge is 0.370 e. The van der Waals surface area contributed by atoms with Crippen molar-refractivity contribution < 1.29 is 0 Å². The van der Waals surface area contributed by atoms with Crippen LogP contribution in [0.4, 0.5) is 5.82 Å². The quantitative estimate of drug-likeness (QED) is 0.838. The van der Waals surface area contributed by atoms with Crippen molar-refractivity contribution in [3.05, 3.63) is 17.6 Å². The summed E-state index contributed by atoms with van der Waals surface area (Å²) in [4.78, 5) is 8.26. The molecule has 0 unspecified atom stereocenters. The Bertz CT molecular complexity index is 404. The Kier molecular flexibility index (Phi) is 3.35. The second kappa shape index (κ2) is 4.93. The molecule has 1 aliphatic carbocycles. The van der Waals surface area contributed by atoms with Crippen molar-refractivity contribution in [3.63, 3.8) is 0 Å². The predicted octanol–water partition coefficient (Wildman–Crippen LogP) is 2.26. The molecular weight excluding hydrogens is 200 g/mol. The molecule has 4 nitrogen and oxygen atoms in total. The van der Waals surface area contributed by atoms with Crippen LogP contribution in [-0.2, 0) is 0 Å². The van der Waals surface area contributed by atoms with Gasteiger partial charge < -0.3 is 5.32 Å². The highest BCUT2D eigenvalue weighted by molar-refractivity contribution is 5.39. The standard InChI is InChI=1S/C12H16N4/c1-9-15-11(8-13)7-12(16-9)14-6-5-10-3-2-4-10/h7,10H,2-6H2,1H3,(H,14,15,16). The molecule has 1 heterocycles. The molecule has 0 saturated heterocycles. The number of aryl methyl sites for hydroxylation is 1. The first-order valence-corrected chi connectivity index (χ1v) is 5.77. The molecule has 16 heavy (non-hydrogen) atoms. The van der Waals surface area contributed by atoms with Crippen molar-refractivity contribution in [2.75, 3.05) is 11.9 Å². The number of rotatable bonds is 4. The van der Waals surface area contributed by atoms with Crippen LogP contribution in [0.5, 0.6) is 0 Å². The minimum Gasteiger partial charge on any atom is -0.370 e. The minimum absolute atomic E-state index is 0.429. The molecule has 0 atom stereocenters. The molecule has 1 aliphatic rings. The highest BCUT2D eigenvalue weighted by Gasteiger charge is 2.16. The van der Waals surface area contributed by atoms with Crippen LogP contribution in [0, 0.1) is 24.2 Å². The van der Waals surface area contributed by atoms with Crippen LogP contribution in [0.3, 0.4) is 0 Å². The van der Waals surface area contributed by atoms with Gasteiger partial charge in [0.25, 0.3) is 0 Å². The average molecular weight is 216 g/mol. The summed E-state index contributed by atoms with van der Waals surface area (Å²) in [5.74, 6) is 2.31. The van der Waals surface area contributed by atoms with Crippen LogP contribution in [-0.4, -0.2) is 16.5 Å². The normalized spacial score (nSPS) is 15.2. The fourth-order valence-corrected chi connectivity index (χ4v) is 1.90. The van der Waals surface area contributed by atoms with Gasteiger partial charge in [0.05, 0.1) is 0 Å². The second-order valence-electron chi connectivity index (χ2n) is 4.31. The monoisotopic (exact) mass is 216 g/mol. The summed E-state index contributed by atoms with van der Waals surface area (Å²) in [5.41, 5.74) is 0.429. The summed E-state index contributed by atoms with van der Waals surface area (Å²) in [6.45, 7) is 2.74. The van der Waals surface area contributed by atoms with Gasteiger partial charge in [0.2, 0.25) is 0 Å². The maximum absolute atomic E-state index is 8.78. The van der Waals surface area contributed by atoms with E-state index in [0.29, 0.717) is 11.5 Å². The van der Waals surface area contributed by atoms with Crippen molar-refractivity contribution in [1.29, 1.82) is 5.26 Å². The Morgan fingerprint density at radius 1 is 1.50 bits per heavy atom. The molecule has 2 rings (SSSR count). The second-order valence-corrected chi connectivity index (χ2v) is 4.31. The first-order chi connectivity index (χ1) is 7.78. The molecule has 1 N–H and O–H groups in total. The molecule has 1 aromatic heterocycles. The molecule has 1 aromatic rings. The zero-order chi connectivity index (χ0) is 11.4. The maximum Gasteiger partial charge on any atom is 0.146 e. The molecule has 0 aromatic carbocycles. The number of hydrogen-bond donors (Lipinski definition) is 1. The van der Waals surface area contributed by atoms with Gasteiger partial charge in [-0.1, -0.05) is 19.3 Å². The van der Waals surface area contributed by atoms with Crippen molar-refractivity contribution in [2.45, 2.75) is 32.6 Å². The van der Waals surface area contributed by atoms with E-state index in [9.17, 15) is 0 Å². The van der Waals surface area contributed by atoms with E-state index in [-0.39, 0.29) is 0 Å². The van der Waals surface area contributed by atoms with E-state index >= 15 is 0 Å². The van der Waals surface area contributed by atoms with Gasteiger partial charge in [-0.25, -0.2) is 9.97 Å². The van der Waals surface area contributed by atoms with Crippen molar-refractivity contribution >= 4 is 5.82 Å².